The van der Waals surface area contributed by atoms with Crippen LogP contribution in [0.4, 0.5) is 34.9 Å². The fourth-order valence-corrected chi connectivity index (χ4v) is 5.66. The van der Waals surface area contributed by atoms with E-state index in [2.05, 4.69) is 25.6 Å². The molecule has 0 saturated carbocycles. The maximum Gasteiger partial charge on any atom is 0.417 e. The number of rotatable bonds is 5. The predicted molar refractivity (Wildman–Crippen MR) is 143 cm³/mol. The van der Waals surface area contributed by atoms with Crippen LogP contribution in [0.3, 0.4) is 0 Å². The normalized spacial score (nSPS) is 20.8. The molecule has 5 heterocycles. The molecule has 6 rings (SSSR count). The summed E-state index contributed by atoms with van der Waals surface area (Å²) in [5.41, 5.74) is -2.23. The Morgan fingerprint density at radius 2 is 1.83 bits per heavy atom. The Bertz CT molecular complexity index is 1490. The molecule has 3 aromatic rings. The van der Waals surface area contributed by atoms with Crippen molar-refractivity contribution in [1.82, 2.24) is 20.3 Å². The third-order valence-corrected chi connectivity index (χ3v) is 7.75. The van der Waals surface area contributed by atoms with Gasteiger partial charge in [0.1, 0.15) is 5.82 Å². The molecule has 216 valence electrons. The van der Waals surface area contributed by atoms with E-state index in [1.54, 1.807) is 0 Å². The Hall–Kier alpha value is -4.04. The van der Waals surface area contributed by atoms with Crippen LogP contribution in [0.1, 0.15) is 22.3 Å². The number of alkyl halides is 3. The minimum atomic E-state index is -4.94. The van der Waals surface area contributed by atoms with Gasteiger partial charge in [-0.1, -0.05) is 0 Å². The molecule has 10 nitrogen and oxygen atoms in total. The number of ether oxygens (including phenoxy) is 1. The van der Waals surface area contributed by atoms with E-state index >= 15 is 4.39 Å². The van der Waals surface area contributed by atoms with Crippen LogP contribution in [0, 0.1) is 11.7 Å². The molecule has 0 unspecified atom stereocenters. The van der Waals surface area contributed by atoms with Crippen LogP contribution in [0.15, 0.2) is 41.6 Å². The Balaban J connectivity index is 1.36. The molecule has 3 aliphatic rings. The highest BCUT2D eigenvalue weighted by Gasteiger charge is 2.38. The molecule has 0 aliphatic carbocycles. The summed E-state index contributed by atoms with van der Waals surface area (Å²) in [6.45, 7) is 4.37. The van der Waals surface area contributed by atoms with Gasteiger partial charge < -0.3 is 30.2 Å². The quantitative estimate of drug-likeness (QED) is 0.400. The molecular weight excluding hydrogens is 546 g/mol. The predicted octanol–water partition coefficient (Wildman–Crippen LogP) is 2.88. The largest absolute Gasteiger partial charge is 0.417 e. The van der Waals surface area contributed by atoms with Crippen molar-refractivity contribution in [1.29, 1.82) is 0 Å². The summed E-state index contributed by atoms with van der Waals surface area (Å²) in [6.07, 6.45) is -0.324. The zero-order chi connectivity index (χ0) is 28.7. The van der Waals surface area contributed by atoms with E-state index in [1.807, 2.05) is 9.80 Å². The van der Waals surface area contributed by atoms with E-state index in [-0.39, 0.29) is 17.3 Å². The summed E-state index contributed by atoms with van der Waals surface area (Å²) >= 11 is 0. The Labute approximate surface area is 231 Å². The molecule has 0 bridgehead atoms. The lowest BCUT2D eigenvalue weighted by Crippen LogP contribution is -2.37. The Morgan fingerprint density at radius 3 is 2.54 bits per heavy atom. The second-order valence-corrected chi connectivity index (χ2v) is 10.3. The van der Waals surface area contributed by atoms with Gasteiger partial charge in [-0.2, -0.15) is 13.2 Å². The van der Waals surface area contributed by atoms with Crippen molar-refractivity contribution in [3.63, 3.8) is 0 Å². The van der Waals surface area contributed by atoms with Gasteiger partial charge in [-0.05, 0) is 31.0 Å². The number of aromatic nitrogens is 3. The zero-order valence-electron chi connectivity index (χ0n) is 21.8. The number of aromatic amines is 1. The lowest BCUT2D eigenvalue weighted by atomic mass is 10.0. The van der Waals surface area contributed by atoms with Gasteiger partial charge in [0.25, 0.3) is 5.91 Å². The van der Waals surface area contributed by atoms with E-state index in [9.17, 15) is 22.8 Å². The highest BCUT2D eigenvalue weighted by molar-refractivity contribution is 6.07. The zero-order valence-corrected chi connectivity index (χ0v) is 21.8. The van der Waals surface area contributed by atoms with Gasteiger partial charge in [-0.3, -0.25) is 9.59 Å². The fourth-order valence-electron chi connectivity index (χ4n) is 5.66. The topological polar surface area (TPSA) is 115 Å². The van der Waals surface area contributed by atoms with Gasteiger partial charge in [-0.25, -0.2) is 14.4 Å². The number of H-pyrrole nitrogens is 1. The molecule has 2 atom stereocenters. The van der Waals surface area contributed by atoms with Crippen LogP contribution in [0.5, 0.6) is 0 Å². The average Bonchev–Trinajstić information content (AvgIpc) is 3.57. The van der Waals surface area contributed by atoms with E-state index in [4.69, 9.17) is 4.74 Å². The van der Waals surface area contributed by atoms with Crippen molar-refractivity contribution in [2.24, 2.45) is 5.92 Å². The van der Waals surface area contributed by atoms with Crippen molar-refractivity contribution >= 4 is 23.2 Å². The number of fused-ring (bicyclic) bond motifs is 1. The van der Waals surface area contributed by atoms with Gasteiger partial charge in [-0.15, -0.1) is 0 Å². The lowest BCUT2D eigenvalue weighted by Gasteiger charge is -2.26. The van der Waals surface area contributed by atoms with Crippen LogP contribution in [-0.4, -0.2) is 72.8 Å². The third-order valence-electron chi connectivity index (χ3n) is 7.75. The number of morpholine rings is 1. The first kappa shape index (κ1) is 27.1. The van der Waals surface area contributed by atoms with Crippen LogP contribution in [0.2, 0.25) is 0 Å². The molecule has 0 radical (unpaired) electrons. The smallest absolute Gasteiger partial charge is 0.378 e. The number of benzene rings is 1. The number of pyridine rings is 1. The minimum absolute atomic E-state index is 0.0765. The number of hydrogen-bond acceptors (Lipinski definition) is 8. The number of nitrogens with one attached hydrogen (secondary N) is 3. The molecular formula is C27H27F4N7O3. The van der Waals surface area contributed by atoms with Crippen LogP contribution in [-0.2, 0) is 10.9 Å². The first-order valence-electron chi connectivity index (χ1n) is 13.3. The number of nitrogens with zero attached hydrogens (tertiary/aromatic N) is 4. The summed E-state index contributed by atoms with van der Waals surface area (Å²) in [4.78, 5) is 39.5. The maximum absolute atomic E-state index is 15.6. The monoisotopic (exact) mass is 573 g/mol. The van der Waals surface area contributed by atoms with E-state index in [0.29, 0.717) is 68.6 Å². The number of carbonyl (C=O) groups is 1. The van der Waals surface area contributed by atoms with Crippen molar-refractivity contribution < 1.29 is 27.1 Å². The van der Waals surface area contributed by atoms with Crippen LogP contribution in [0.25, 0.3) is 11.1 Å². The lowest BCUT2D eigenvalue weighted by molar-refractivity contribution is -0.138. The van der Waals surface area contributed by atoms with Crippen molar-refractivity contribution in [2.75, 3.05) is 61.1 Å². The number of halogens is 4. The minimum Gasteiger partial charge on any atom is -0.378 e. The molecule has 14 heteroatoms. The number of hydrogen-bond donors (Lipinski definition) is 3. The van der Waals surface area contributed by atoms with E-state index in [0.717, 1.165) is 19.2 Å². The molecule has 3 aliphatic heterocycles. The molecule has 3 N–H and O–H groups in total. The molecule has 1 aromatic carbocycles. The number of amides is 1. The third kappa shape index (κ3) is 5.48. The molecule has 41 heavy (non-hydrogen) atoms. The van der Waals surface area contributed by atoms with Crippen molar-refractivity contribution in [2.45, 2.75) is 18.6 Å². The van der Waals surface area contributed by atoms with Crippen molar-refractivity contribution in [3.8, 4) is 11.1 Å². The second-order valence-electron chi connectivity index (χ2n) is 10.3. The summed E-state index contributed by atoms with van der Waals surface area (Å²) < 4.78 is 62.0. The average molecular weight is 574 g/mol. The Kier molecular flexibility index (Phi) is 7.11. The summed E-state index contributed by atoms with van der Waals surface area (Å²) in [5.74, 6) is -0.885. The van der Waals surface area contributed by atoms with Crippen molar-refractivity contribution in [3.05, 3.63) is 64.1 Å². The highest BCUT2D eigenvalue weighted by Crippen LogP contribution is 2.39. The first-order chi connectivity index (χ1) is 19.7. The molecule has 2 aromatic heterocycles. The second kappa shape index (κ2) is 10.7. The molecule has 3 fully saturated rings. The van der Waals surface area contributed by atoms with Gasteiger partial charge in [0, 0.05) is 68.0 Å². The standard InChI is InChI=1S/C27H27F4N7O3/c28-20-9-23(38-13-15-1-2-32-22(15)14-38)21(36-25(40)18-12-33-24(39)8-19(18)27(29,30)31)7-17(20)16-10-34-26(35-11-16)37-3-5-41-6-4-37/h7-12,15,22,32H,1-6,13-14H2,(H,33,39)(H,36,40)/t15-,22+/m0/s1. The summed E-state index contributed by atoms with van der Waals surface area (Å²) in [5, 5.41) is 5.96. The van der Waals surface area contributed by atoms with E-state index < -0.39 is 34.6 Å². The Morgan fingerprint density at radius 1 is 1.07 bits per heavy atom. The van der Waals surface area contributed by atoms with Crippen LogP contribution >= 0.6 is 0 Å². The van der Waals surface area contributed by atoms with Gasteiger partial charge in [0.05, 0.1) is 35.7 Å². The SMILES string of the molecule is O=C(Nc1cc(-c2cnc(N3CCOCC3)nc2)c(F)cc1N1C[C@@H]2CCN[C@@H]2C1)c1c[nH]c(=O)cc1C(F)(F)F. The first-order valence-corrected chi connectivity index (χ1v) is 13.3. The van der Waals surface area contributed by atoms with E-state index in [1.165, 1.54) is 24.5 Å². The van der Waals surface area contributed by atoms with Crippen LogP contribution < -0.4 is 26.0 Å². The van der Waals surface area contributed by atoms with Gasteiger partial charge >= 0.3 is 6.18 Å². The molecule has 3 saturated heterocycles. The molecule has 0 spiro atoms. The number of anilines is 3. The maximum atomic E-state index is 15.6. The fraction of sp³-hybridized carbons (Fsp3) is 0.407. The highest BCUT2D eigenvalue weighted by atomic mass is 19.4. The van der Waals surface area contributed by atoms with Gasteiger partial charge in [0.15, 0.2) is 0 Å². The van der Waals surface area contributed by atoms with Gasteiger partial charge in [0.2, 0.25) is 11.5 Å². The summed E-state index contributed by atoms with van der Waals surface area (Å²) in [7, 11) is 0. The molecule has 1 amide bonds. The summed E-state index contributed by atoms with van der Waals surface area (Å²) in [6, 6.07) is 3.20. The number of carbonyl (C=O) groups excluding carboxylic acids is 1.